The molecule has 8 amide bonds. The number of nitrogens with two attached hydrogens (primary N) is 2. The largest absolute Gasteiger partial charge is 0.508 e. The van der Waals surface area contributed by atoms with Crippen molar-refractivity contribution in [3.8, 4) is 5.75 Å². The molecule has 1 aliphatic heterocycles. The van der Waals surface area contributed by atoms with Crippen molar-refractivity contribution in [2.75, 3.05) is 25.4 Å². The number of nitrogens with one attached hydrogen (secondary N) is 9. The first-order chi connectivity index (χ1) is 34.7. The van der Waals surface area contributed by atoms with E-state index in [2.05, 4.69) is 69.8 Å². The van der Waals surface area contributed by atoms with Gasteiger partial charge in [-0.2, -0.15) is 12.6 Å². The molecule has 0 aliphatic carbocycles. The number of phenols is 1. The lowest BCUT2D eigenvalue weighted by Gasteiger charge is -2.29. The van der Waals surface area contributed by atoms with Gasteiger partial charge in [-0.05, 0) is 68.2 Å². The van der Waals surface area contributed by atoms with Crippen molar-refractivity contribution in [2.24, 2.45) is 23.3 Å². The summed E-state index contributed by atoms with van der Waals surface area (Å²) in [6.45, 7) is 6.69. The number of carboxylic acids is 1. The smallest absolute Gasteiger partial charge is 0.326 e. The van der Waals surface area contributed by atoms with Gasteiger partial charge in [-0.3, -0.25) is 38.4 Å². The van der Waals surface area contributed by atoms with Crippen LogP contribution in [0.5, 0.6) is 5.75 Å². The van der Waals surface area contributed by atoms with Gasteiger partial charge >= 0.3 is 5.97 Å². The predicted octanol–water partition coefficient (Wildman–Crippen LogP) is -2.33. The number of unbranched alkanes of at least 4 members (excludes halogenated alkanes) is 1. The number of thiol groups is 1. The monoisotopic (exact) mass is 1040 g/mol. The number of likely N-dealkylation sites (tertiary alicyclic amines) is 1. The Balaban J connectivity index is 1.47. The lowest BCUT2D eigenvalue weighted by atomic mass is 9.99. The summed E-state index contributed by atoms with van der Waals surface area (Å²) in [6, 6.07) is -3.82. The Morgan fingerprint density at radius 1 is 0.712 bits per heavy atom. The summed E-state index contributed by atoms with van der Waals surface area (Å²) in [4.78, 5) is 136. The zero-order valence-corrected chi connectivity index (χ0v) is 42.3. The molecule has 0 unspecified atom stereocenters. The topological polar surface area (TPSA) is 391 Å². The Morgan fingerprint density at radius 3 is 1.81 bits per heavy atom. The molecule has 2 aromatic heterocycles. The van der Waals surface area contributed by atoms with E-state index in [0.717, 1.165) is 0 Å². The second-order valence-corrected chi connectivity index (χ2v) is 18.9. The molecule has 25 nitrogen and oxygen atoms in total. The third-order valence-corrected chi connectivity index (χ3v) is 12.5. The van der Waals surface area contributed by atoms with Crippen molar-refractivity contribution in [2.45, 2.75) is 127 Å². The first-order valence-corrected chi connectivity index (χ1v) is 24.8. The number of imidazole rings is 2. The van der Waals surface area contributed by atoms with Crippen molar-refractivity contribution in [1.82, 2.24) is 62.1 Å². The average molecular weight is 1040 g/mol. The van der Waals surface area contributed by atoms with Gasteiger partial charge in [-0.25, -0.2) is 14.8 Å². The third-order valence-electron chi connectivity index (χ3n) is 12.1. The summed E-state index contributed by atoms with van der Waals surface area (Å²) in [6.07, 6.45) is 7.45. The minimum absolute atomic E-state index is 0.0597. The predicted molar refractivity (Wildman–Crippen MR) is 268 cm³/mol. The van der Waals surface area contributed by atoms with Crippen molar-refractivity contribution in [1.29, 1.82) is 0 Å². The van der Waals surface area contributed by atoms with Crippen LogP contribution in [-0.2, 0) is 62.4 Å². The zero-order valence-electron chi connectivity index (χ0n) is 41.4. The number of carbonyl (C=O) groups excluding carboxylic acids is 8. The number of aromatic nitrogens is 4. The van der Waals surface area contributed by atoms with E-state index in [1.807, 2.05) is 0 Å². The molecule has 1 aliphatic rings. The van der Waals surface area contributed by atoms with Gasteiger partial charge in [0.15, 0.2) is 0 Å². The van der Waals surface area contributed by atoms with Crippen molar-refractivity contribution < 1.29 is 53.4 Å². The van der Waals surface area contributed by atoms with E-state index in [-0.39, 0.29) is 50.2 Å². The van der Waals surface area contributed by atoms with Crippen LogP contribution in [0.3, 0.4) is 0 Å². The molecule has 400 valence electrons. The normalized spacial score (nSPS) is 16.2. The molecular formula is C47H70N14O11S. The van der Waals surface area contributed by atoms with Crippen LogP contribution in [0.25, 0.3) is 0 Å². The lowest BCUT2D eigenvalue weighted by Crippen LogP contribution is -2.61. The molecule has 0 saturated carbocycles. The SMILES string of the molecule is CC(C)[C@H](NC(=O)[C@@H](NC(=O)[C@@H](N)Cc1cnc[nH]1)C(C)C)C(=O)N[C@@H](CS)C(=O)N[C@@H](Cc1cnc[nH]1)C(=O)N[C@@H](Cc1ccc(O)cc1)C(=O)NCC(=O)N1CCC[C@H]1C(=O)N[C@@H](CCCCN)C(=O)O. The van der Waals surface area contributed by atoms with Gasteiger partial charge < -0.3 is 73.8 Å². The maximum Gasteiger partial charge on any atom is 0.326 e. The molecule has 15 N–H and O–H groups in total. The van der Waals surface area contributed by atoms with Crippen LogP contribution in [0.2, 0.25) is 0 Å². The van der Waals surface area contributed by atoms with Crippen LogP contribution in [0.4, 0.5) is 0 Å². The number of carbonyl (C=O) groups is 9. The van der Waals surface area contributed by atoms with E-state index < -0.39 is 120 Å². The van der Waals surface area contributed by atoms with Crippen molar-refractivity contribution >= 4 is 65.9 Å². The summed E-state index contributed by atoms with van der Waals surface area (Å²) >= 11 is 4.31. The number of nitrogens with zero attached hydrogens (tertiary/aromatic N) is 3. The number of aromatic hydroxyl groups is 1. The van der Waals surface area contributed by atoms with Crippen LogP contribution in [0, 0.1) is 11.8 Å². The standard InChI is InChI=1S/C47H70N14O11S/c1-25(2)38(60-46(70)39(26(3)4)59-40(64)31(49)17-28-19-50-23-53-28)45(69)58-35(22-73)43(67)57-34(18-29-20-51-24-54-29)42(66)56-33(16-27-10-12-30(62)13-11-27)41(65)52-21-37(63)61-15-7-9-36(61)44(68)55-32(47(71)72)8-5-6-14-48/h10-13,19-20,23-26,31-36,38-39,62,73H,5-9,14-18,21-22,48-49H2,1-4H3,(H,50,53)(H,51,54)(H,52,65)(H,55,68)(H,56,66)(H,57,67)(H,58,69)(H,59,64)(H,60,70)(H,71,72)/t31-,32-,33-,34-,35-,36-,38-,39-/m0/s1. The molecular weight excluding hydrogens is 969 g/mol. The molecule has 1 fully saturated rings. The molecule has 0 spiro atoms. The molecule has 3 heterocycles. The molecule has 8 atom stereocenters. The number of aromatic amines is 2. The van der Waals surface area contributed by atoms with Crippen molar-refractivity contribution in [3.63, 3.8) is 0 Å². The average Bonchev–Trinajstić information content (AvgIpc) is 4.18. The summed E-state index contributed by atoms with van der Waals surface area (Å²) in [5.74, 6) is -8.33. The minimum Gasteiger partial charge on any atom is -0.508 e. The summed E-state index contributed by atoms with van der Waals surface area (Å²) < 4.78 is 0. The Morgan fingerprint density at radius 2 is 1.26 bits per heavy atom. The number of carboxylic acid groups (broad SMARTS) is 1. The van der Waals surface area contributed by atoms with Crippen molar-refractivity contribution in [3.05, 3.63) is 66.3 Å². The number of benzene rings is 1. The molecule has 0 radical (unpaired) electrons. The van der Waals surface area contributed by atoms with Gasteiger partial charge in [0.1, 0.15) is 48.0 Å². The van der Waals surface area contributed by atoms with Crippen LogP contribution >= 0.6 is 12.6 Å². The summed E-state index contributed by atoms with van der Waals surface area (Å²) in [7, 11) is 0. The molecule has 3 aromatic rings. The van der Waals surface area contributed by atoms with Gasteiger partial charge in [0.2, 0.25) is 47.3 Å². The number of hydrogen-bond acceptors (Lipinski definition) is 15. The van der Waals surface area contributed by atoms with Gasteiger partial charge in [0, 0.05) is 55.3 Å². The number of hydrogen-bond donors (Lipinski definition) is 14. The Kier molecular flexibility index (Phi) is 23.1. The first-order valence-electron chi connectivity index (χ1n) is 24.1. The highest BCUT2D eigenvalue weighted by molar-refractivity contribution is 7.80. The Bertz CT molecular complexity index is 2320. The summed E-state index contributed by atoms with van der Waals surface area (Å²) in [5, 5.41) is 37.9. The molecule has 0 bridgehead atoms. The fourth-order valence-electron chi connectivity index (χ4n) is 7.95. The van der Waals surface area contributed by atoms with Crippen LogP contribution < -0.4 is 48.7 Å². The first kappa shape index (κ1) is 58.5. The highest BCUT2D eigenvalue weighted by atomic mass is 32.1. The van der Waals surface area contributed by atoms with Gasteiger partial charge in [-0.1, -0.05) is 39.8 Å². The summed E-state index contributed by atoms with van der Waals surface area (Å²) in [5.41, 5.74) is 13.2. The quantitative estimate of drug-likeness (QED) is 0.0256. The lowest BCUT2D eigenvalue weighted by molar-refractivity contribution is -0.144. The number of phenolic OH excluding ortho intramolecular Hbond substituents is 1. The van der Waals surface area contributed by atoms with Crippen LogP contribution in [0.1, 0.15) is 76.8 Å². The van der Waals surface area contributed by atoms with E-state index in [9.17, 15) is 53.4 Å². The van der Waals surface area contributed by atoms with E-state index in [1.54, 1.807) is 27.7 Å². The number of aliphatic carboxylic acids is 1. The molecule has 1 saturated heterocycles. The third kappa shape index (κ3) is 18.2. The maximum atomic E-state index is 14.3. The second kappa shape index (κ2) is 28.8. The Labute approximate surface area is 428 Å². The molecule has 4 rings (SSSR count). The van der Waals surface area contributed by atoms with E-state index >= 15 is 0 Å². The van der Waals surface area contributed by atoms with E-state index in [0.29, 0.717) is 42.8 Å². The van der Waals surface area contributed by atoms with Gasteiger partial charge in [0.05, 0.1) is 25.2 Å². The molecule has 26 heteroatoms. The Hall–Kier alpha value is -7.06. The number of amides is 8. The zero-order chi connectivity index (χ0) is 53.8. The number of rotatable bonds is 29. The van der Waals surface area contributed by atoms with Gasteiger partial charge in [-0.15, -0.1) is 0 Å². The fraction of sp³-hybridized carbons (Fsp3) is 0.553. The van der Waals surface area contributed by atoms with Crippen LogP contribution in [-0.4, -0.2) is 162 Å². The van der Waals surface area contributed by atoms with E-state index in [1.165, 1.54) is 54.2 Å². The van der Waals surface area contributed by atoms with E-state index in [4.69, 9.17) is 11.5 Å². The van der Waals surface area contributed by atoms with Crippen LogP contribution in [0.15, 0.2) is 49.3 Å². The molecule has 73 heavy (non-hydrogen) atoms. The maximum absolute atomic E-state index is 14.3. The highest BCUT2D eigenvalue weighted by Crippen LogP contribution is 2.19. The molecule has 1 aromatic carbocycles. The van der Waals surface area contributed by atoms with Gasteiger partial charge in [0.25, 0.3) is 0 Å². The number of H-pyrrole nitrogens is 2. The highest BCUT2D eigenvalue weighted by Gasteiger charge is 2.38. The minimum atomic E-state index is -1.41. The second-order valence-electron chi connectivity index (χ2n) is 18.5. The fourth-order valence-corrected chi connectivity index (χ4v) is 8.20.